The summed E-state index contributed by atoms with van der Waals surface area (Å²) in [5, 5.41) is 6.97. The molecule has 268 valence electrons. The van der Waals surface area contributed by atoms with E-state index < -0.39 is 41.9 Å². The number of likely N-dealkylation sites (tertiary alicyclic amines) is 1. The second-order valence-electron chi connectivity index (χ2n) is 15.4. The van der Waals surface area contributed by atoms with Crippen LogP contribution in [0.3, 0.4) is 0 Å². The van der Waals surface area contributed by atoms with Crippen molar-refractivity contribution in [3.63, 3.8) is 0 Å². The molecule has 3 aromatic heterocycles. The number of imide groups is 1. The predicted octanol–water partition coefficient (Wildman–Crippen LogP) is 6.34. The second kappa shape index (κ2) is 12.6. The molecule has 50 heavy (non-hydrogen) atoms. The predicted molar refractivity (Wildman–Crippen MR) is 179 cm³/mol. The number of aromatic nitrogens is 4. The first kappa shape index (κ1) is 35.2. The lowest BCUT2D eigenvalue weighted by molar-refractivity contribution is -0.127. The molecule has 1 aromatic carbocycles. The standard InChI is InChI=1S/C35H42F3N7O5/c1-32(2,3)49-30(47)41-29(46)27-15-24-8-7-22(13-25(24)45(27)31(48)50-33(4,5)6)17-42-11-9-34(19-42)10-12-43(20-34)28-26-14-23(16-35(36,37)38)18-44(26)40-21-39-28/h7-8,13-15,18,21H,9-12,16-17,19-20H2,1-6H3,(H,41,46,47). The van der Waals surface area contributed by atoms with E-state index in [1.807, 2.05) is 18.2 Å². The Morgan fingerprint density at radius 2 is 1.60 bits per heavy atom. The zero-order valence-corrected chi connectivity index (χ0v) is 29.1. The fraction of sp³-hybridized carbons (Fsp3) is 0.514. The van der Waals surface area contributed by atoms with Gasteiger partial charge in [0.2, 0.25) is 0 Å². The third-order valence-electron chi connectivity index (χ3n) is 8.80. The summed E-state index contributed by atoms with van der Waals surface area (Å²) in [6.45, 7) is 13.9. The number of amides is 2. The molecule has 1 spiro atoms. The fourth-order valence-electron chi connectivity index (χ4n) is 6.89. The second-order valence-corrected chi connectivity index (χ2v) is 15.4. The minimum atomic E-state index is -4.31. The van der Waals surface area contributed by atoms with Crippen LogP contribution in [0.1, 0.15) is 76.0 Å². The number of carbonyl (C=O) groups excluding carboxylic acids is 3. The summed E-state index contributed by atoms with van der Waals surface area (Å²) in [5.74, 6) is -0.170. The zero-order valence-electron chi connectivity index (χ0n) is 29.1. The Bertz CT molecular complexity index is 1960. The van der Waals surface area contributed by atoms with E-state index in [0.717, 1.165) is 38.0 Å². The molecule has 4 aromatic rings. The highest BCUT2D eigenvalue weighted by Gasteiger charge is 2.44. The first-order chi connectivity index (χ1) is 23.3. The molecule has 2 fully saturated rings. The van der Waals surface area contributed by atoms with Crippen LogP contribution in [0.2, 0.25) is 0 Å². The Kier molecular flexibility index (Phi) is 8.86. The number of fused-ring (bicyclic) bond motifs is 2. The van der Waals surface area contributed by atoms with E-state index >= 15 is 0 Å². The quantitative estimate of drug-likeness (QED) is 0.255. The van der Waals surface area contributed by atoms with Gasteiger partial charge in [0.15, 0.2) is 5.82 Å². The van der Waals surface area contributed by atoms with Crippen LogP contribution in [0.15, 0.2) is 42.9 Å². The number of anilines is 1. The van der Waals surface area contributed by atoms with Crippen LogP contribution in [0.4, 0.5) is 28.6 Å². The topological polar surface area (TPSA) is 123 Å². The molecule has 2 aliphatic heterocycles. The number of ether oxygens (including phenoxy) is 2. The summed E-state index contributed by atoms with van der Waals surface area (Å²) in [5.41, 5.74) is 0.355. The number of benzene rings is 1. The molecular formula is C35H42F3N7O5. The molecule has 0 radical (unpaired) electrons. The van der Waals surface area contributed by atoms with Gasteiger partial charge in [-0.15, -0.1) is 0 Å². The zero-order chi connectivity index (χ0) is 36.2. The number of alkyl halides is 3. The summed E-state index contributed by atoms with van der Waals surface area (Å²) in [6.07, 6.45) is -2.39. The van der Waals surface area contributed by atoms with Crippen LogP contribution in [-0.4, -0.2) is 85.7 Å². The molecule has 2 aliphatic rings. The van der Waals surface area contributed by atoms with Crippen molar-refractivity contribution >= 4 is 40.3 Å². The van der Waals surface area contributed by atoms with Crippen LogP contribution in [-0.2, 0) is 22.4 Å². The molecule has 0 bridgehead atoms. The third-order valence-corrected chi connectivity index (χ3v) is 8.80. The minimum absolute atomic E-state index is 0.0168. The van der Waals surface area contributed by atoms with E-state index in [4.69, 9.17) is 9.47 Å². The van der Waals surface area contributed by atoms with Crippen molar-refractivity contribution in [2.45, 2.75) is 84.7 Å². The first-order valence-corrected chi connectivity index (χ1v) is 16.5. The normalized spacial score (nSPS) is 18.8. The molecule has 1 atom stereocenters. The summed E-state index contributed by atoms with van der Waals surface area (Å²) >= 11 is 0. The Hall–Kier alpha value is -4.66. The lowest BCUT2D eigenvalue weighted by atomic mass is 9.86. The minimum Gasteiger partial charge on any atom is -0.444 e. The molecule has 2 amide bonds. The highest BCUT2D eigenvalue weighted by Crippen LogP contribution is 2.42. The highest BCUT2D eigenvalue weighted by atomic mass is 19.4. The van der Waals surface area contributed by atoms with Gasteiger partial charge >= 0.3 is 18.4 Å². The molecule has 12 nitrogen and oxygen atoms in total. The molecule has 2 saturated heterocycles. The molecule has 0 saturated carbocycles. The van der Waals surface area contributed by atoms with Gasteiger partial charge in [0.05, 0.1) is 11.9 Å². The number of nitrogens with one attached hydrogen (secondary N) is 1. The maximum absolute atomic E-state index is 13.5. The average Bonchev–Trinajstić information content (AvgIpc) is 3.75. The number of halogens is 3. The molecule has 1 N–H and O–H groups in total. The first-order valence-electron chi connectivity index (χ1n) is 16.5. The van der Waals surface area contributed by atoms with Gasteiger partial charge in [-0.05, 0) is 90.3 Å². The van der Waals surface area contributed by atoms with Crippen LogP contribution >= 0.6 is 0 Å². The van der Waals surface area contributed by atoms with Gasteiger partial charge in [-0.2, -0.15) is 18.3 Å². The number of nitrogens with zero attached hydrogens (tertiary/aromatic N) is 6. The van der Waals surface area contributed by atoms with Crippen molar-refractivity contribution < 1.29 is 37.0 Å². The van der Waals surface area contributed by atoms with Crippen LogP contribution in [0, 0.1) is 5.41 Å². The van der Waals surface area contributed by atoms with Gasteiger partial charge in [-0.1, -0.05) is 12.1 Å². The van der Waals surface area contributed by atoms with Crippen molar-refractivity contribution in [2.24, 2.45) is 5.41 Å². The van der Waals surface area contributed by atoms with E-state index in [1.165, 1.54) is 27.7 Å². The maximum Gasteiger partial charge on any atom is 0.419 e. The number of rotatable bonds is 5. The van der Waals surface area contributed by atoms with Crippen molar-refractivity contribution in [3.8, 4) is 0 Å². The molecule has 6 rings (SSSR count). The lowest BCUT2D eigenvalue weighted by Crippen LogP contribution is -2.38. The Morgan fingerprint density at radius 1 is 0.900 bits per heavy atom. The maximum atomic E-state index is 13.5. The molecule has 1 unspecified atom stereocenters. The monoisotopic (exact) mass is 697 g/mol. The summed E-state index contributed by atoms with van der Waals surface area (Å²) < 4.78 is 52.7. The van der Waals surface area contributed by atoms with Crippen molar-refractivity contribution in [1.82, 2.24) is 29.4 Å². The summed E-state index contributed by atoms with van der Waals surface area (Å²) in [4.78, 5) is 48.1. The van der Waals surface area contributed by atoms with Gasteiger partial charge in [0, 0.05) is 43.2 Å². The average molecular weight is 698 g/mol. The number of hydrogen-bond donors (Lipinski definition) is 1. The Morgan fingerprint density at radius 3 is 2.30 bits per heavy atom. The molecular weight excluding hydrogens is 655 g/mol. The summed E-state index contributed by atoms with van der Waals surface area (Å²) in [6, 6.07) is 8.71. The van der Waals surface area contributed by atoms with Crippen molar-refractivity contribution in [1.29, 1.82) is 0 Å². The van der Waals surface area contributed by atoms with Crippen molar-refractivity contribution in [2.75, 3.05) is 31.1 Å². The van der Waals surface area contributed by atoms with Crippen LogP contribution < -0.4 is 10.2 Å². The fourth-order valence-corrected chi connectivity index (χ4v) is 6.89. The van der Waals surface area contributed by atoms with Gasteiger partial charge < -0.3 is 14.4 Å². The van der Waals surface area contributed by atoms with Crippen molar-refractivity contribution in [3.05, 3.63) is 59.7 Å². The van der Waals surface area contributed by atoms with E-state index in [-0.39, 0.29) is 16.7 Å². The van der Waals surface area contributed by atoms with Gasteiger partial charge in [-0.3, -0.25) is 15.0 Å². The van der Waals surface area contributed by atoms with Crippen LogP contribution in [0.25, 0.3) is 16.4 Å². The van der Waals surface area contributed by atoms with Gasteiger partial charge in [0.25, 0.3) is 5.91 Å². The molecule has 15 heteroatoms. The lowest BCUT2D eigenvalue weighted by Gasteiger charge is -2.25. The van der Waals surface area contributed by atoms with E-state index in [1.54, 1.807) is 47.6 Å². The molecule has 5 heterocycles. The SMILES string of the molecule is CC(C)(C)OC(=O)NC(=O)c1cc2ccc(CN3CCC4(CCN(c5ncnn6cc(CC(F)(F)F)cc56)C4)C3)cc2n1C(=O)OC(C)(C)C. The van der Waals surface area contributed by atoms with E-state index in [0.29, 0.717) is 35.3 Å². The Balaban J connectivity index is 1.19. The number of hydrogen-bond acceptors (Lipinski definition) is 9. The van der Waals surface area contributed by atoms with Crippen LogP contribution in [0.5, 0.6) is 0 Å². The van der Waals surface area contributed by atoms with Gasteiger partial charge in [0.1, 0.15) is 28.7 Å². The Labute approximate surface area is 287 Å². The third kappa shape index (κ3) is 7.87. The number of carbonyl (C=O) groups is 3. The molecule has 0 aliphatic carbocycles. The largest absolute Gasteiger partial charge is 0.444 e. The van der Waals surface area contributed by atoms with E-state index in [9.17, 15) is 27.6 Å². The highest BCUT2D eigenvalue weighted by molar-refractivity contribution is 6.08. The summed E-state index contributed by atoms with van der Waals surface area (Å²) in [7, 11) is 0. The van der Waals surface area contributed by atoms with E-state index in [2.05, 4.69) is 25.2 Å². The van der Waals surface area contributed by atoms with Gasteiger partial charge in [-0.25, -0.2) is 23.7 Å². The number of alkyl carbamates (subject to hydrolysis) is 1. The smallest absolute Gasteiger partial charge is 0.419 e.